The summed E-state index contributed by atoms with van der Waals surface area (Å²) in [4.78, 5) is 19.6. The Hall–Kier alpha value is -2.34. The first-order valence-corrected chi connectivity index (χ1v) is 12.1. The molecule has 0 unspecified atom stereocenters. The molecule has 0 aromatic carbocycles. The number of hydrogen-bond acceptors (Lipinski definition) is 6. The summed E-state index contributed by atoms with van der Waals surface area (Å²) >= 11 is 0. The van der Waals surface area contributed by atoms with Crippen molar-refractivity contribution in [1.29, 1.82) is 0 Å². The van der Waals surface area contributed by atoms with Crippen LogP contribution in [0.2, 0.25) is 0 Å². The molecule has 0 amide bonds. The maximum Gasteiger partial charge on any atom is 0.111 e. The number of ether oxygens (including phenoxy) is 1. The Morgan fingerprint density at radius 1 is 1.22 bits per heavy atom. The predicted molar refractivity (Wildman–Crippen MR) is 126 cm³/mol. The monoisotopic (exact) mass is 431 g/mol. The predicted octanol–water partition coefficient (Wildman–Crippen LogP) is 4.50. The lowest BCUT2D eigenvalue weighted by molar-refractivity contribution is -0.127. The molecule has 1 saturated heterocycles. The number of nitrogens with zero attached hydrogens (tertiary/aromatic N) is 4. The van der Waals surface area contributed by atoms with Gasteiger partial charge in [-0.3, -0.25) is 15.0 Å². The highest BCUT2D eigenvalue weighted by molar-refractivity contribution is 5.80. The Labute approximate surface area is 189 Å². The summed E-state index contributed by atoms with van der Waals surface area (Å²) in [7, 11) is 0. The van der Waals surface area contributed by atoms with Crippen LogP contribution < -0.4 is 5.73 Å². The van der Waals surface area contributed by atoms with E-state index in [0.29, 0.717) is 17.4 Å². The average Bonchev–Trinajstić information content (AvgIpc) is 3.54. The molecule has 7 rings (SSSR count). The second-order valence-corrected chi connectivity index (χ2v) is 11.2. The van der Waals surface area contributed by atoms with Gasteiger partial charge in [0.15, 0.2) is 0 Å². The maximum atomic E-state index is 6.31. The minimum absolute atomic E-state index is 0.0466. The first kappa shape index (κ1) is 20.3. The van der Waals surface area contributed by atoms with E-state index in [-0.39, 0.29) is 17.6 Å². The third-order valence-electron chi connectivity index (χ3n) is 7.94. The van der Waals surface area contributed by atoms with Crippen molar-refractivity contribution in [2.24, 2.45) is 16.1 Å². The van der Waals surface area contributed by atoms with Crippen LogP contribution in [0.1, 0.15) is 81.8 Å². The molecule has 0 spiro atoms. The summed E-state index contributed by atoms with van der Waals surface area (Å²) < 4.78 is 6.31. The normalized spacial score (nSPS) is 36.8. The molecule has 6 nitrogen and oxygen atoms in total. The maximum absolute atomic E-state index is 6.31. The lowest BCUT2D eigenvalue weighted by atomic mass is 9.35. The van der Waals surface area contributed by atoms with Crippen LogP contribution >= 0.6 is 0 Å². The van der Waals surface area contributed by atoms with E-state index >= 15 is 0 Å². The van der Waals surface area contributed by atoms with Gasteiger partial charge in [0.25, 0.3) is 0 Å². The van der Waals surface area contributed by atoms with Gasteiger partial charge in [0.2, 0.25) is 0 Å². The molecular formula is C26H33N5O. The lowest BCUT2D eigenvalue weighted by Crippen LogP contribution is -2.63. The Balaban J connectivity index is 1.35. The smallest absolute Gasteiger partial charge is 0.111 e. The second-order valence-electron chi connectivity index (χ2n) is 11.2. The Kier molecular flexibility index (Phi) is 4.49. The van der Waals surface area contributed by atoms with Gasteiger partial charge in [0.1, 0.15) is 5.52 Å². The van der Waals surface area contributed by atoms with Crippen LogP contribution in [0.25, 0.3) is 11.0 Å². The van der Waals surface area contributed by atoms with E-state index in [9.17, 15) is 0 Å². The van der Waals surface area contributed by atoms with Gasteiger partial charge in [-0.15, -0.1) is 0 Å². The van der Waals surface area contributed by atoms with Gasteiger partial charge in [-0.2, -0.15) is 0 Å². The molecule has 0 radical (unpaired) electrons. The summed E-state index contributed by atoms with van der Waals surface area (Å²) in [6.45, 7) is 6.56. The minimum Gasteiger partial charge on any atom is -0.404 e. The van der Waals surface area contributed by atoms with Crippen molar-refractivity contribution >= 4 is 17.2 Å². The van der Waals surface area contributed by atoms with Gasteiger partial charge in [0.05, 0.1) is 35.2 Å². The summed E-state index contributed by atoms with van der Waals surface area (Å²) in [6.07, 6.45) is 13.5. The van der Waals surface area contributed by atoms with Crippen molar-refractivity contribution in [1.82, 2.24) is 15.0 Å². The van der Waals surface area contributed by atoms with Gasteiger partial charge >= 0.3 is 0 Å². The molecule has 5 fully saturated rings. The molecule has 4 saturated carbocycles. The van der Waals surface area contributed by atoms with Crippen molar-refractivity contribution in [2.75, 3.05) is 0 Å². The van der Waals surface area contributed by atoms with E-state index in [0.717, 1.165) is 40.8 Å². The zero-order valence-electron chi connectivity index (χ0n) is 19.3. The van der Waals surface area contributed by atoms with E-state index in [4.69, 9.17) is 25.4 Å². The zero-order valence-corrected chi connectivity index (χ0v) is 19.3. The number of fused-ring (bicyclic) bond motifs is 1. The number of pyridine rings is 1. The molecule has 2 N–H and O–H groups in total. The van der Waals surface area contributed by atoms with E-state index in [1.165, 1.54) is 37.8 Å². The molecule has 5 aliphatic rings. The van der Waals surface area contributed by atoms with Gasteiger partial charge in [-0.25, -0.2) is 4.98 Å². The zero-order chi connectivity index (χ0) is 22.1. The van der Waals surface area contributed by atoms with Gasteiger partial charge in [0, 0.05) is 41.2 Å². The fourth-order valence-corrected chi connectivity index (χ4v) is 6.51. The van der Waals surface area contributed by atoms with E-state index in [2.05, 4.69) is 24.9 Å². The Morgan fingerprint density at radius 3 is 2.69 bits per heavy atom. The fourth-order valence-electron chi connectivity index (χ4n) is 6.51. The standard InChI is InChI=1S/C26H33N5O/c1-15-10-29-23-21(30-15)8-20(31-24(23)26-12-25(3,13-26)14-26)17-6-16(2)32-22(7-17)18(9-27)11-28-19-4-5-19/h8-11,16-17,19,22H,4-7,12-14,27H2,1-3H3/b18-9+,28-11?/t16-,17-,22+,25?,26?/m1/s1. The number of aromatic nitrogens is 3. The van der Waals surface area contributed by atoms with Crippen molar-refractivity contribution < 1.29 is 4.74 Å². The number of aliphatic imine (C=N–C) groups is 1. The quantitative estimate of drug-likeness (QED) is 0.704. The van der Waals surface area contributed by atoms with Crippen LogP contribution in [-0.2, 0) is 10.2 Å². The Bertz CT molecular complexity index is 1110. The summed E-state index contributed by atoms with van der Waals surface area (Å²) in [6, 6.07) is 2.65. The molecule has 2 bridgehead atoms. The first-order chi connectivity index (χ1) is 15.4. The average molecular weight is 432 g/mol. The van der Waals surface area contributed by atoms with Crippen LogP contribution in [0.5, 0.6) is 0 Å². The number of hydrogen-bond donors (Lipinski definition) is 1. The van der Waals surface area contributed by atoms with Crippen LogP contribution in [0, 0.1) is 12.3 Å². The number of nitrogens with two attached hydrogens (primary N) is 1. The second kappa shape index (κ2) is 7.08. The van der Waals surface area contributed by atoms with E-state index in [1.54, 1.807) is 6.20 Å². The molecule has 3 heterocycles. The van der Waals surface area contributed by atoms with Crippen molar-refractivity contribution in [3.63, 3.8) is 0 Å². The first-order valence-electron chi connectivity index (χ1n) is 12.1. The van der Waals surface area contributed by atoms with Crippen molar-refractivity contribution in [2.45, 2.75) is 95.3 Å². The molecule has 2 aromatic heterocycles. The molecular weight excluding hydrogens is 398 g/mol. The number of rotatable bonds is 5. The van der Waals surface area contributed by atoms with Crippen LogP contribution in [0.3, 0.4) is 0 Å². The lowest BCUT2D eigenvalue weighted by Gasteiger charge is -2.69. The molecule has 6 heteroatoms. The highest BCUT2D eigenvalue weighted by Gasteiger charge is 2.67. The van der Waals surface area contributed by atoms with Gasteiger partial charge < -0.3 is 10.5 Å². The molecule has 3 atom stereocenters. The van der Waals surface area contributed by atoms with E-state index in [1.807, 2.05) is 19.3 Å². The highest BCUT2D eigenvalue weighted by Crippen LogP contribution is 2.73. The van der Waals surface area contributed by atoms with Crippen LogP contribution in [0.15, 0.2) is 29.0 Å². The van der Waals surface area contributed by atoms with Gasteiger partial charge in [-0.05, 0) is 70.3 Å². The largest absolute Gasteiger partial charge is 0.404 e. The SMILES string of the molecule is Cc1cnc2c(C34CC(C)(C3)C4)nc([C@@H]3C[C@@H](C)O[C@H](/C(C=NC4CC4)=C/N)C3)cc2n1. The molecule has 32 heavy (non-hydrogen) atoms. The van der Waals surface area contributed by atoms with E-state index < -0.39 is 0 Å². The fraction of sp³-hybridized carbons (Fsp3) is 0.615. The van der Waals surface area contributed by atoms with Gasteiger partial charge in [-0.1, -0.05) is 6.92 Å². The number of aryl methyl sites for hydroxylation is 1. The molecule has 168 valence electrons. The topological polar surface area (TPSA) is 86.3 Å². The van der Waals surface area contributed by atoms with Crippen LogP contribution in [0.4, 0.5) is 0 Å². The molecule has 1 aliphatic heterocycles. The summed E-state index contributed by atoms with van der Waals surface area (Å²) in [5.74, 6) is 0.307. The van der Waals surface area contributed by atoms with Crippen LogP contribution in [-0.4, -0.2) is 39.4 Å². The summed E-state index contributed by atoms with van der Waals surface area (Å²) in [5, 5.41) is 0. The molecule has 4 aliphatic carbocycles. The highest BCUT2D eigenvalue weighted by atomic mass is 16.5. The molecule has 2 aromatic rings. The Morgan fingerprint density at radius 2 is 2.00 bits per heavy atom. The summed E-state index contributed by atoms with van der Waals surface area (Å²) in [5.41, 5.74) is 13.0. The van der Waals surface area contributed by atoms with Crippen molar-refractivity contribution in [3.8, 4) is 0 Å². The third-order valence-corrected chi connectivity index (χ3v) is 7.94. The van der Waals surface area contributed by atoms with Crippen molar-refractivity contribution in [3.05, 3.63) is 41.1 Å². The third kappa shape index (κ3) is 3.35. The minimum atomic E-state index is -0.0466.